The Bertz CT molecular complexity index is 1000. The first kappa shape index (κ1) is 24.8. The zero-order valence-corrected chi connectivity index (χ0v) is 18.5. The third kappa shape index (κ3) is 6.34. The van der Waals surface area contributed by atoms with Crippen molar-refractivity contribution in [1.29, 1.82) is 0 Å². The van der Waals surface area contributed by atoms with Crippen molar-refractivity contribution in [2.24, 2.45) is 5.92 Å². The predicted molar refractivity (Wildman–Crippen MR) is 121 cm³/mol. The molecule has 180 valence electrons. The second-order valence-corrected chi connectivity index (χ2v) is 8.33. The van der Waals surface area contributed by atoms with Crippen LogP contribution in [0.2, 0.25) is 0 Å². The quantitative estimate of drug-likeness (QED) is 0.367. The summed E-state index contributed by atoms with van der Waals surface area (Å²) in [4.78, 5) is 46.0. The standard InChI is InChI=1S/C25H27NO8/c27-22(28)11-9-15(10-12-23(29)30)13-21(24(31)32)26-25(33)34-14-20-18-7-3-1-5-16(18)17-6-2-4-8-19(17)20/h1-8,15,20-21H,9-14H2,(H,26,33)(H,27,28)(H,29,30)(H,31,32). The molecular weight excluding hydrogens is 442 g/mol. The summed E-state index contributed by atoms with van der Waals surface area (Å²) in [6.45, 7) is 0.0215. The molecule has 1 unspecified atom stereocenters. The van der Waals surface area contributed by atoms with Crippen LogP contribution in [0.1, 0.15) is 49.1 Å². The summed E-state index contributed by atoms with van der Waals surface area (Å²) in [6.07, 6.45) is -1.22. The van der Waals surface area contributed by atoms with E-state index in [0.717, 1.165) is 22.3 Å². The summed E-state index contributed by atoms with van der Waals surface area (Å²) in [5.41, 5.74) is 4.17. The van der Waals surface area contributed by atoms with Crippen molar-refractivity contribution < 1.29 is 39.2 Å². The lowest BCUT2D eigenvalue weighted by molar-refractivity contribution is -0.139. The van der Waals surface area contributed by atoms with Crippen molar-refractivity contribution in [2.45, 2.75) is 44.1 Å². The summed E-state index contributed by atoms with van der Waals surface area (Å²) < 4.78 is 5.40. The lowest BCUT2D eigenvalue weighted by atomic mass is 9.90. The lowest BCUT2D eigenvalue weighted by Gasteiger charge is -2.21. The number of nitrogens with one attached hydrogen (secondary N) is 1. The Labute approximate surface area is 196 Å². The van der Waals surface area contributed by atoms with Crippen LogP contribution < -0.4 is 5.32 Å². The normalized spacial score (nSPS) is 13.1. The molecule has 1 aliphatic rings. The maximum absolute atomic E-state index is 12.5. The maximum Gasteiger partial charge on any atom is 0.407 e. The number of hydrogen-bond donors (Lipinski definition) is 4. The van der Waals surface area contributed by atoms with Gasteiger partial charge in [-0.2, -0.15) is 0 Å². The molecular formula is C25H27NO8. The molecule has 34 heavy (non-hydrogen) atoms. The molecule has 0 saturated carbocycles. The number of benzene rings is 2. The number of carboxylic acids is 3. The number of hydrogen-bond acceptors (Lipinski definition) is 5. The molecule has 0 bridgehead atoms. The molecule has 1 amide bonds. The van der Waals surface area contributed by atoms with Crippen molar-refractivity contribution in [3.63, 3.8) is 0 Å². The van der Waals surface area contributed by atoms with Gasteiger partial charge in [-0.1, -0.05) is 48.5 Å². The molecule has 0 spiro atoms. The van der Waals surface area contributed by atoms with E-state index in [1.54, 1.807) is 0 Å². The molecule has 0 heterocycles. The Kier molecular flexibility index (Phi) is 8.24. The number of rotatable bonds is 12. The average molecular weight is 469 g/mol. The van der Waals surface area contributed by atoms with Crippen molar-refractivity contribution in [2.75, 3.05) is 6.61 Å². The number of ether oxygens (including phenoxy) is 1. The summed E-state index contributed by atoms with van der Waals surface area (Å²) in [5, 5.41) is 29.7. The number of aliphatic carboxylic acids is 3. The van der Waals surface area contributed by atoms with Gasteiger partial charge < -0.3 is 25.4 Å². The van der Waals surface area contributed by atoms with Crippen LogP contribution in [0.15, 0.2) is 48.5 Å². The van der Waals surface area contributed by atoms with Crippen LogP contribution in [-0.2, 0) is 19.1 Å². The first-order valence-electron chi connectivity index (χ1n) is 11.0. The van der Waals surface area contributed by atoms with Crippen LogP contribution in [0, 0.1) is 5.92 Å². The van der Waals surface area contributed by atoms with Crippen molar-refractivity contribution in [3.05, 3.63) is 59.7 Å². The lowest BCUT2D eigenvalue weighted by Crippen LogP contribution is -2.42. The fourth-order valence-corrected chi connectivity index (χ4v) is 4.37. The molecule has 1 aliphatic carbocycles. The molecule has 9 nitrogen and oxygen atoms in total. The van der Waals surface area contributed by atoms with E-state index in [9.17, 15) is 24.3 Å². The fraction of sp³-hybridized carbons (Fsp3) is 0.360. The van der Waals surface area contributed by atoms with E-state index in [4.69, 9.17) is 14.9 Å². The van der Waals surface area contributed by atoms with Crippen LogP contribution in [0.3, 0.4) is 0 Å². The molecule has 0 fully saturated rings. The zero-order chi connectivity index (χ0) is 24.7. The van der Waals surface area contributed by atoms with Gasteiger partial charge in [-0.25, -0.2) is 9.59 Å². The van der Waals surface area contributed by atoms with Gasteiger partial charge in [0.2, 0.25) is 0 Å². The summed E-state index contributed by atoms with van der Waals surface area (Å²) >= 11 is 0. The van der Waals surface area contributed by atoms with Gasteiger partial charge in [0, 0.05) is 18.8 Å². The predicted octanol–water partition coefficient (Wildman–Crippen LogP) is 3.71. The number of amides is 1. The molecule has 3 rings (SSSR count). The highest BCUT2D eigenvalue weighted by molar-refractivity contribution is 5.81. The monoisotopic (exact) mass is 469 g/mol. The zero-order valence-electron chi connectivity index (χ0n) is 18.5. The van der Waals surface area contributed by atoms with Crippen LogP contribution in [0.5, 0.6) is 0 Å². The third-order valence-corrected chi connectivity index (χ3v) is 6.04. The van der Waals surface area contributed by atoms with Crippen LogP contribution >= 0.6 is 0 Å². The van der Waals surface area contributed by atoms with E-state index in [2.05, 4.69) is 5.32 Å². The second-order valence-electron chi connectivity index (χ2n) is 8.33. The van der Waals surface area contributed by atoms with Crippen LogP contribution in [0.4, 0.5) is 4.79 Å². The van der Waals surface area contributed by atoms with Crippen molar-refractivity contribution >= 4 is 24.0 Å². The highest BCUT2D eigenvalue weighted by Gasteiger charge is 2.30. The van der Waals surface area contributed by atoms with E-state index >= 15 is 0 Å². The molecule has 0 aromatic heterocycles. The number of alkyl carbamates (subject to hydrolysis) is 1. The molecule has 9 heteroatoms. The molecule has 2 aromatic rings. The van der Waals surface area contributed by atoms with E-state index in [1.807, 2.05) is 48.5 Å². The molecule has 0 radical (unpaired) electrons. The first-order chi connectivity index (χ1) is 16.3. The van der Waals surface area contributed by atoms with E-state index < -0.39 is 36.0 Å². The smallest absolute Gasteiger partial charge is 0.407 e. The third-order valence-electron chi connectivity index (χ3n) is 6.04. The van der Waals surface area contributed by atoms with Gasteiger partial charge in [0.15, 0.2) is 0 Å². The number of carbonyl (C=O) groups is 4. The molecule has 1 atom stereocenters. The molecule has 0 saturated heterocycles. The van der Waals surface area contributed by atoms with Gasteiger partial charge in [0.1, 0.15) is 12.6 Å². The summed E-state index contributed by atoms with van der Waals surface area (Å²) in [6, 6.07) is 14.3. The topological polar surface area (TPSA) is 150 Å². The van der Waals surface area contributed by atoms with E-state index in [0.29, 0.717) is 0 Å². The second kappa shape index (κ2) is 11.3. The van der Waals surface area contributed by atoms with Gasteiger partial charge in [-0.15, -0.1) is 0 Å². The Morgan fingerprint density at radius 3 is 1.79 bits per heavy atom. The minimum absolute atomic E-state index is 0.0215. The minimum Gasteiger partial charge on any atom is -0.481 e. The van der Waals surface area contributed by atoms with Crippen LogP contribution in [0.25, 0.3) is 11.1 Å². The van der Waals surface area contributed by atoms with Gasteiger partial charge in [0.25, 0.3) is 0 Å². The summed E-state index contributed by atoms with van der Waals surface area (Å²) in [5.74, 6) is -4.10. The number of carbonyl (C=O) groups excluding carboxylic acids is 1. The van der Waals surface area contributed by atoms with Gasteiger partial charge in [-0.3, -0.25) is 9.59 Å². The van der Waals surface area contributed by atoms with Gasteiger partial charge >= 0.3 is 24.0 Å². The SMILES string of the molecule is O=C(O)CCC(CCC(=O)O)CC(NC(=O)OCC1c2ccccc2-c2ccccc21)C(=O)O. The van der Waals surface area contributed by atoms with E-state index in [1.165, 1.54) is 0 Å². The number of carboxylic acid groups (broad SMARTS) is 3. The fourth-order valence-electron chi connectivity index (χ4n) is 4.37. The highest BCUT2D eigenvalue weighted by atomic mass is 16.5. The number of fused-ring (bicyclic) bond motifs is 3. The Hall–Kier alpha value is -3.88. The van der Waals surface area contributed by atoms with Gasteiger partial charge in [0.05, 0.1) is 0 Å². The Morgan fingerprint density at radius 2 is 1.32 bits per heavy atom. The largest absolute Gasteiger partial charge is 0.481 e. The Morgan fingerprint density at radius 1 is 0.824 bits per heavy atom. The highest BCUT2D eigenvalue weighted by Crippen LogP contribution is 2.44. The minimum atomic E-state index is -1.33. The van der Waals surface area contributed by atoms with Gasteiger partial charge in [-0.05, 0) is 47.4 Å². The average Bonchev–Trinajstić information content (AvgIpc) is 3.12. The van der Waals surface area contributed by atoms with Crippen LogP contribution in [-0.4, -0.2) is 52.0 Å². The first-order valence-corrected chi connectivity index (χ1v) is 11.0. The molecule has 4 N–H and O–H groups in total. The summed E-state index contributed by atoms with van der Waals surface area (Å²) in [7, 11) is 0. The van der Waals surface area contributed by atoms with E-state index in [-0.39, 0.29) is 44.6 Å². The maximum atomic E-state index is 12.5. The van der Waals surface area contributed by atoms with Crippen molar-refractivity contribution in [3.8, 4) is 11.1 Å². The molecule has 2 aromatic carbocycles. The Balaban J connectivity index is 1.63. The molecule has 0 aliphatic heterocycles. The van der Waals surface area contributed by atoms with Crippen molar-refractivity contribution in [1.82, 2.24) is 5.32 Å².